The van der Waals surface area contributed by atoms with Gasteiger partial charge in [0.25, 0.3) is 0 Å². The molecule has 0 saturated heterocycles. The van der Waals surface area contributed by atoms with E-state index in [0.29, 0.717) is 13.0 Å². The fraction of sp³-hybridized carbons (Fsp3) is 0.318. The maximum atomic E-state index is 11.6. The van der Waals surface area contributed by atoms with Gasteiger partial charge in [-0.3, -0.25) is 4.79 Å². The molecule has 0 saturated carbocycles. The Kier molecular flexibility index (Phi) is 4.29. The lowest BCUT2D eigenvalue weighted by Gasteiger charge is -2.36. The summed E-state index contributed by atoms with van der Waals surface area (Å²) in [5, 5.41) is 10.7. The molecule has 2 N–H and O–H groups in total. The van der Waals surface area contributed by atoms with E-state index in [4.69, 9.17) is 4.74 Å². The minimum Gasteiger partial charge on any atom is -0.481 e. The normalized spacial score (nSPS) is 19.4. The third-order valence-corrected chi connectivity index (χ3v) is 5.29. The van der Waals surface area contributed by atoms with Gasteiger partial charge in [0.2, 0.25) is 0 Å². The average molecular weight is 349 g/mol. The largest absolute Gasteiger partial charge is 0.481 e. The van der Waals surface area contributed by atoms with Crippen molar-refractivity contribution in [1.82, 2.24) is 4.98 Å². The first-order valence-corrected chi connectivity index (χ1v) is 9.20. The molecule has 0 spiro atoms. The molecule has 1 aliphatic rings. The van der Waals surface area contributed by atoms with Crippen molar-refractivity contribution in [2.45, 2.75) is 38.2 Å². The Morgan fingerprint density at radius 2 is 2.00 bits per heavy atom. The number of ether oxygens (including phenoxy) is 1. The molecule has 134 valence electrons. The van der Waals surface area contributed by atoms with Crippen molar-refractivity contribution < 1.29 is 14.6 Å². The summed E-state index contributed by atoms with van der Waals surface area (Å²) < 4.78 is 6.11. The first-order chi connectivity index (χ1) is 12.6. The minimum atomic E-state index is -0.826. The summed E-state index contributed by atoms with van der Waals surface area (Å²) in [5.74, 6) is -0.826. The Bertz CT molecular complexity index is 945. The van der Waals surface area contributed by atoms with Crippen LogP contribution in [-0.4, -0.2) is 22.7 Å². The lowest BCUT2D eigenvalue weighted by atomic mass is 9.84. The van der Waals surface area contributed by atoms with E-state index in [0.717, 1.165) is 24.1 Å². The molecule has 2 heterocycles. The number of hydrogen-bond donors (Lipinski definition) is 2. The highest BCUT2D eigenvalue weighted by atomic mass is 16.5. The second-order valence-electron chi connectivity index (χ2n) is 6.99. The van der Waals surface area contributed by atoms with Crippen LogP contribution in [0, 0.1) is 0 Å². The van der Waals surface area contributed by atoms with Gasteiger partial charge in [0.05, 0.1) is 18.7 Å². The lowest BCUT2D eigenvalue weighted by molar-refractivity contribution is -0.149. The van der Waals surface area contributed by atoms with Gasteiger partial charge in [0, 0.05) is 10.9 Å². The highest BCUT2D eigenvalue weighted by Gasteiger charge is 2.41. The summed E-state index contributed by atoms with van der Waals surface area (Å²) in [6, 6.07) is 16.6. The molecular weight excluding hydrogens is 326 g/mol. The van der Waals surface area contributed by atoms with Crippen LogP contribution in [0.25, 0.3) is 22.0 Å². The molecule has 1 aliphatic heterocycles. The van der Waals surface area contributed by atoms with Crippen LogP contribution in [0.5, 0.6) is 0 Å². The van der Waals surface area contributed by atoms with Gasteiger partial charge in [-0.2, -0.15) is 0 Å². The van der Waals surface area contributed by atoms with E-state index in [-0.39, 0.29) is 6.42 Å². The molecule has 3 aromatic rings. The number of benzene rings is 2. The Morgan fingerprint density at radius 3 is 2.73 bits per heavy atom. The van der Waals surface area contributed by atoms with Crippen LogP contribution < -0.4 is 0 Å². The highest BCUT2D eigenvalue weighted by Crippen LogP contribution is 2.44. The van der Waals surface area contributed by atoms with Gasteiger partial charge in [0.1, 0.15) is 5.60 Å². The fourth-order valence-corrected chi connectivity index (χ4v) is 4.31. The van der Waals surface area contributed by atoms with Gasteiger partial charge < -0.3 is 14.8 Å². The second-order valence-corrected chi connectivity index (χ2v) is 6.99. The van der Waals surface area contributed by atoms with E-state index in [1.807, 2.05) is 24.3 Å². The standard InChI is InChI=1S/C22H23NO3/c1-2-12-22(14-19(24)25)21-17(11-13-26-22)20-16(9-6-10-18(20)23-21)15-7-4-3-5-8-15/h3-10,23H,2,11-14H2,1H3,(H,24,25). The summed E-state index contributed by atoms with van der Waals surface area (Å²) in [6.45, 7) is 2.62. The fourth-order valence-electron chi connectivity index (χ4n) is 4.31. The van der Waals surface area contributed by atoms with E-state index in [2.05, 4.69) is 36.2 Å². The van der Waals surface area contributed by atoms with Crippen LogP contribution in [0.3, 0.4) is 0 Å². The first kappa shape index (κ1) is 16.9. The molecule has 0 fully saturated rings. The Labute approximate surface area is 152 Å². The predicted molar refractivity (Wildman–Crippen MR) is 102 cm³/mol. The third-order valence-electron chi connectivity index (χ3n) is 5.29. The first-order valence-electron chi connectivity index (χ1n) is 9.20. The smallest absolute Gasteiger partial charge is 0.306 e. The van der Waals surface area contributed by atoms with Crippen molar-refractivity contribution in [3.05, 3.63) is 59.8 Å². The molecular formula is C22H23NO3. The summed E-state index contributed by atoms with van der Waals surface area (Å²) in [6.07, 6.45) is 2.35. The molecule has 1 atom stereocenters. The van der Waals surface area contributed by atoms with Crippen molar-refractivity contribution in [3.63, 3.8) is 0 Å². The zero-order valence-electron chi connectivity index (χ0n) is 14.9. The SMILES string of the molecule is CCCC1(CC(=O)O)OCCc2c1[nH]c1cccc(-c3ccccc3)c21. The Hall–Kier alpha value is -2.59. The van der Waals surface area contributed by atoms with E-state index in [1.165, 1.54) is 22.1 Å². The molecule has 1 aromatic heterocycles. The molecule has 4 nitrogen and oxygen atoms in total. The zero-order chi connectivity index (χ0) is 18.1. The zero-order valence-corrected chi connectivity index (χ0v) is 14.9. The number of fused-ring (bicyclic) bond motifs is 3. The molecule has 0 aliphatic carbocycles. The van der Waals surface area contributed by atoms with Crippen LogP contribution in [0.1, 0.15) is 37.4 Å². The summed E-state index contributed by atoms with van der Waals surface area (Å²) >= 11 is 0. The second kappa shape index (κ2) is 6.61. The third kappa shape index (κ3) is 2.71. The number of carbonyl (C=O) groups is 1. The summed E-state index contributed by atoms with van der Waals surface area (Å²) in [7, 11) is 0. The number of carboxylic acid groups (broad SMARTS) is 1. The number of aromatic nitrogens is 1. The summed E-state index contributed by atoms with van der Waals surface area (Å²) in [5.41, 5.74) is 4.80. The maximum Gasteiger partial charge on any atom is 0.306 e. The number of aliphatic carboxylic acids is 1. The number of rotatable bonds is 5. The quantitative estimate of drug-likeness (QED) is 0.690. The Morgan fingerprint density at radius 1 is 1.19 bits per heavy atom. The molecule has 1 unspecified atom stereocenters. The van der Waals surface area contributed by atoms with E-state index in [1.54, 1.807) is 0 Å². The maximum absolute atomic E-state index is 11.6. The number of hydrogen-bond acceptors (Lipinski definition) is 2. The van der Waals surface area contributed by atoms with Crippen molar-refractivity contribution in [1.29, 1.82) is 0 Å². The van der Waals surface area contributed by atoms with Crippen molar-refractivity contribution in [2.75, 3.05) is 6.61 Å². The number of H-pyrrole nitrogens is 1. The molecule has 0 radical (unpaired) electrons. The van der Waals surface area contributed by atoms with Gasteiger partial charge >= 0.3 is 5.97 Å². The van der Waals surface area contributed by atoms with Crippen LogP contribution in [0.4, 0.5) is 0 Å². The molecule has 0 amide bonds. The minimum absolute atomic E-state index is 0.0126. The van der Waals surface area contributed by atoms with Gasteiger partial charge in [-0.15, -0.1) is 0 Å². The van der Waals surface area contributed by atoms with Crippen LogP contribution in [0.2, 0.25) is 0 Å². The van der Waals surface area contributed by atoms with Crippen molar-refractivity contribution in [3.8, 4) is 11.1 Å². The van der Waals surface area contributed by atoms with Crippen molar-refractivity contribution >= 4 is 16.9 Å². The van der Waals surface area contributed by atoms with Crippen LogP contribution >= 0.6 is 0 Å². The van der Waals surface area contributed by atoms with Gasteiger partial charge in [-0.05, 0) is 35.6 Å². The topological polar surface area (TPSA) is 62.3 Å². The molecule has 4 heteroatoms. The monoisotopic (exact) mass is 349 g/mol. The molecule has 2 aromatic carbocycles. The molecule has 0 bridgehead atoms. The number of carboxylic acids is 1. The van der Waals surface area contributed by atoms with E-state index >= 15 is 0 Å². The highest BCUT2D eigenvalue weighted by molar-refractivity contribution is 5.99. The summed E-state index contributed by atoms with van der Waals surface area (Å²) in [4.78, 5) is 15.1. The van der Waals surface area contributed by atoms with Gasteiger partial charge in [0.15, 0.2) is 0 Å². The van der Waals surface area contributed by atoms with Crippen LogP contribution in [0.15, 0.2) is 48.5 Å². The van der Waals surface area contributed by atoms with Crippen molar-refractivity contribution in [2.24, 2.45) is 0 Å². The number of nitrogens with one attached hydrogen (secondary N) is 1. The Balaban J connectivity index is 1.96. The van der Waals surface area contributed by atoms with Gasteiger partial charge in [-0.25, -0.2) is 0 Å². The van der Waals surface area contributed by atoms with E-state index < -0.39 is 11.6 Å². The number of aromatic amines is 1. The molecule has 4 rings (SSSR count). The van der Waals surface area contributed by atoms with Gasteiger partial charge in [-0.1, -0.05) is 55.8 Å². The molecule has 26 heavy (non-hydrogen) atoms. The van der Waals surface area contributed by atoms with E-state index in [9.17, 15) is 9.90 Å². The average Bonchev–Trinajstić information content (AvgIpc) is 3.03. The predicted octanol–water partition coefficient (Wildman–Crippen LogP) is 4.88. The van der Waals surface area contributed by atoms with Crippen LogP contribution in [-0.2, 0) is 21.6 Å². The lowest BCUT2D eigenvalue weighted by Crippen LogP contribution is -2.37.